The number of hydrogen-bond donors (Lipinski definition) is 7. The number of aliphatic hydroxyl groups excluding tert-OH is 5. The first-order chi connectivity index (χ1) is 29.7. The Hall–Kier alpha value is -3.80. The summed E-state index contributed by atoms with van der Waals surface area (Å²) >= 11 is 0. The van der Waals surface area contributed by atoms with Crippen LogP contribution >= 0.6 is 0 Å². The summed E-state index contributed by atoms with van der Waals surface area (Å²) in [7, 11) is 2.67. The van der Waals surface area contributed by atoms with Crippen molar-refractivity contribution in [1.29, 1.82) is 0 Å². The number of hydrogen-bond acceptors (Lipinski definition) is 17. The van der Waals surface area contributed by atoms with Gasteiger partial charge in [0.25, 0.3) is 5.56 Å². The van der Waals surface area contributed by atoms with Gasteiger partial charge in [0, 0.05) is 43.9 Å². The van der Waals surface area contributed by atoms with Crippen molar-refractivity contribution in [3.8, 4) is 0 Å². The number of likely N-dealkylation sites (tertiary alicyclic amines) is 1. The summed E-state index contributed by atoms with van der Waals surface area (Å²) in [6, 6.07) is -0.624. The molecule has 9 unspecified atom stereocenters. The Morgan fingerprint density at radius 3 is 2.16 bits per heavy atom. The van der Waals surface area contributed by atoms with E-state index in [0.717, 1.165) is 42.5 Å². The first-order valence-corrected chi connectivity index (χ1v) is 22.1. The Morgan fingerprint density at radius 2 is 1.57 bits per heavy atom. The molecule has 63 heavy (non-hydrogen) atoms. The largest absolute Gasteiger partial charge is 0.595 e. The number of carbonyl (C=O) groups excluding carboxylic acids is 3. The second kappa shape index (κ2) is 23.4. The number of aliphatic hydroxyl groups is 5. The molecule has 4 heterocycles. The minimum absolute atomic E-state index is 0.203. The van der Waals surface area contributed by atoms with E-state index in [9.17, 15) is 54.6 Å². The third kappa shape index (κ3) is 13.4. The Morgan fingerprint density at radius 1 is 0.952 bits per heavy atom. The molecule has 3 saturated heterocycles. The van der Waals surface area contributed by atoms with Crippen LogP contribution in [-0.2, 0) is 33.3 Å². The highest BCUT2D eigenvalue weighted by molar-refractivity contribution is 6.05. The summed E-state index contributed by atoms with van der Waals surface area (Å²) in [5.74, 6) is -3.86. The third-order valence-electron chi connectivity index (χ3n) is 11.8. The Balaban J connectivity index is 1.56. The van der Waals surface area contributed by atoms with Crippen LogP contribution in [0.3, 0.4) is 0 Å². The highest BCUT2D eigenvalue weighted by atomic mass is 16.7. The molecule has 21 heteroatoms. The van der Waals surface area contributed by atoms with E-state index in [2.05, 4.69) is 17.2 Å². The standard InChI is InChI=1S/C42H70N6O15/c1-8-9-10-11-12-13-14-15-16-17-19-47-36(56)23(2)27(37(47)57)24(49)22-46(7)28(35(55)43-6)33(34-30(52)31(53)38(61-34)48-20-18-26(50)45-40(48)58)62-39-32(54)29(51)25(60-39)21-44-41(59)63-42(3,4)5/h18,20,23-25,27-34,38-39,49,51-54H,8-17,19,21-22H2,1-7H3,(H,43,55)(H,44,59)(H,45,50,58)/p-1/t23?,24-,25?,27-,28-,29?,30?,31?,32?,33-,34?,38?,39?/m0/s1. The van der Waals surface area contributed by atoms with Gasteiger partial charge in [0.1, 0.15) is 54.9 Å². The van der Waals surface area contributed by atoms with Crippen LogP contribution in [0.25, 0.3) is 0 Å². The lowest BCUT2D eigenvalue weighted by Crippen LogP contribution is -2.61. The molecule has 13 atom stereocenters. The lowest BCUT2D eigenvalue weighted by atomic mass is 9.90. The molecule has 0 saturated carbocycles. The number of H-pyrrole nitrogens is 1. The lowest BCUT2D eigenvalue weighted by molar-refractivity contribution is -0.261. The van der Waals surface area contributed by atoms with Gasteiger partial charge in [-0.25, -0.2) is 4.79 Å². The van der Waals surface area contributed by atoms with Gasteiger partial charge < -0.3 is 54.9 Å². The van der Waals surface area contributed by atoms with Gasteiger partial charge in [-0.05, 0) is 13.5 Å². The average molecular weight is 898 g/mol. The second-order valence-electron chi connectivity index (χ2n) is 17.8. The van der Waals surface area contributed by atoms with Crippen LogP contribution in [0.4, 0.5) is 0 Å². The van der Waals surface area contributed by atoms with Crippen LogP contribution in [0.1, 0.15) is 105 Å². The van der Waals surface area contributed by atoms with Gasteiger partial charge in [0.15, 0.2) is 12.5 Å². The second-order valence-corrected chi connectivity index (χ2v) is 17.8. The molecular weight excluding hydrogens is 828 g/mol. The van der Waals surface area contributed by atoms with Gasteiger partial charge in [-0.2, -0.15) is 0 Å². The average Bonchev–Trinajstić information content (AvgIpc) is 3.74. The quantitative estimate of drug-likeness (QED) is 0.0284. The first kappa shape index (κ1) is 51.8. The fraction of sp³-hybridized carbons (Fsp3) is 0.810. The molecule has 3 amide bonds. The summed E-state index contributed by atoms with van der Waals surface area (Å²) in [4.78, 5) is 73.8. The highest BCUT2D eigenvalue weighted by Gasteiger charge is 2.55. The molecule has 358 valence electrons. The molecule has 0 aliphatic carbocycles. The van der Waals surface area contributed by atoms with Crippen molar-refractivity contribution in [1.82, 2.24) is 24.7 Å². The molecular formula is C42H69N6O15-. The maximum absolute atomic E-state index is 13.9. The molecule has 7 N–H and O–H groups in total. The molecule has 0 bridgehead atoms. The number of aromatic amines is 1. The van der Waals surface area contributed by atoms with E-state index in [4.69, 9.17) is 18.9 Å². The van der Waals surface area contributed by atoms with E-state index < -0.39 is 133 Å². The monoisotopic (exact) mass is 897 g/mol. The van der Waals surface area contributed by atoms with Crippen molar-refractivity contribution in [3.63, 3.8) is 0 Å². The minimum atomic E-state index is -1.92. The summed E-state index contributed by atoms with van der Waals surface area (Å²) in [5, 5.41) is 71.2. The summed E-state index contributed by atoms with van der Waals surface area (Å²) in [6.07, 6.45) is -6.31. The molecule has 1 aromatic rings. The number of aromatic nitrogens is 2. The van der Waals surface area contributed by atoms with Crippen LogP contribution in [0, 0.1) is 11.8 Å². The number of nitrogens with one attached hydrogen (secondary N) is 2. The SMILES string of the molecule is CCCCCCCCCCCCN1C(=O)C(C)[C@@H]([C@@H](O)CN(C)[C@H](C(=O)NC)[C@H](OC2OC(CN=C([O-])OC(C)(C)C)C(O)C2O)C2OC(n3ccc(=O)[nH]c3=O)C(O)C2O)C1=O. The zero-order valence-corrected chi connectivity index (χ0v) is 37.5. The van der Waals surface area contributed by atoms with E-state index in [1.807, 2.05) is 4.98 Å². The van der Waals surface area contributed by atoms with Gasteiger partial charge in [0.2, 0.25) is 17.7 Å². The van der Waals surface area contributed by atoms with Gasteiger partial charge >= 0.3 is 5.69 Å². The summed E-state index contributed by atoms with van der Waals surface area (Å²) < 4.78 is 24.0. The number of aliphatic imine (C=N–C) groups is 1. The number of ether oxygens (including phenoxy) is 4. The molecule has 0 aromatic carbocycles. The van der Waals surface area contributed by atoms with Crippen molar-refractivity contribution in [2.75, 3.05) is 33.7 Å². The first-order valence-electron chi connectivity index (χ1n) is 22.1. The van der Waals surface area contributed by atoms with E-state index in [1.54, 1.807) is 27.7 Å². The molecule has 3 aliphatic heterocycles. The van der Waals surface area contributed by atoms with Gasteiger partial charge in [-0.15, -0.1) is 0 Å². The molecule has 21 nitrogen and oxygen atoms in total. The Kier molecular flexibility index (Phi) is 19.3. The molecule has 4 rings (SSSR count). The van der Waals surface area contributed by atoms with E-state index in [1.165, 1.54) is 56.0 Å². The van der Waals surface area contributed by atoms with Gasteiger partial charge in [0.05, 0.1) is 18.6 Å². The number of carbonyl (C=O) groups is 3. The third-order valence-corrected chi connectivity index (χ3v) is 11.8. The van der Waals surface area contributed by atoms with E-state index >= 15 is 0 Å². The van der Waals surface area contributed by atoms with Gasteiger partial charge in [-0.1, -0.05) is 92.4 Å². The fourth-order valence-corrected chi connectivity index (χ4v) is 8.39. The van der Waals surface area contributed by atoms with Gasteiger partial charge in [-0.3, -0.25) is 43.5 Å². The van der Waals surface area contributed by atoms with Crippen molar-refractivity contribution in [2.45, 2.75) is 172 Å². The number of likely N-dealkylation sites (N-methyl/N-ethyl adjacent to an activating group) is 2. The summed E-state index contributed by atoms with van der Waals surface area (Å²) in [6.45, 7) is 7.90. The van der Waals surface area contributed by atoms with Crippen LogP contribution in [-0.4, -0.2) is 169 Å². The Labute approximate surface area is 367 Å². The zero-order chi connectivity index (χ0) is 46.8. The molecule has 1 aromatic heterocycles. The van der Waals surface area contributed by atoms with Crippen molar-refractivity contribution >= 4 is 23.8 Å². The maximum atomic E-state index is 13.9. The minimum Gasteiger partial charge on any atom is -0.595 e. The van der Waals surface area contributed by atoms with E-state index in [-0.39, 0.29) is 6.54 Å². The van der Waals surface area contributed by atoms with Crippen molar-refractivity contribution in [2.24, 2.45) is 16.8 Å². The molecule has 3 fully saturated rings. The number of amides is 3. The predicted molar refractivity (Wildman–Crippen MR) is 224 cm³/mol. The lowest BCUT2D eigenvalue weighted by Gasteiger charge is -2.39. The number of rotatable bonds is 23. The Bertz CT molecular complexity index is 1800. The predicted octanol–water partition coefficient (Wildman–Crippen LogP) is -1.53. The normalized spacial score (nSPS) is 29.4. The zero-order valence-electron chi connectivity index (χ0n) is 37.5. The summed E-state index contributed by atoms with van der Waals surface area (Å²) in [5.41, 5.74) is -2.63. The topological polar surface area (TPSA) is 298 Å². The van der Waals surface area contributed by atoms with E-state index in [0.29, 0.717) is 6.42 Å². The smallest absolute Gasteiger partial charge is 0.330 e. The maximum Gasteiger partial charge on any atom is 0.330 e. The number of unbranched alkanes of at least 4 members (excludes halogenated alkanes) is 9. The van der Waals surface area contributed by atoms with Crippen LogP contribution in [0.15, 0.2) is 26.8 Å². The molecule has 0 spiro atoms. The number of imide groups is 1. The van der Waals surface area contributed by atoms with Crippen molar-refractivity contribution in [3.05, 3.63) is 33.1 Å². The van der Waals surface area contributed by atoms with Crippen molar-refractivity contribution < 1.29 is 64.0 Å². The highest BCUT2D eigenvalue weighted by Crippen LogP contribution is 2.36. The molecule has 3 aliphatic rings. The van der Waals surface area contributed by atoms with Crippen LogP contribution in [0.5, 0.6) is 0 Å². The van der Waals surface area contributed by atoms with Crippen LogP contribution in [0.2, 0.25) is 0 Å². The number of nitrogens with zero attached hydrogens (tertiary/aromatic N) is 4. The fourth-order valence-electron chi connectivity index (χ4n) is 8.39. The van der Waals surface area contributed by atoms with Crippen LogP contribution < -0.4 is 21.7 Å². The molecule has 0 radical (unpaired) electrons.